The van der Waals surface area contributed by atoms with Crippen LogP contribution in [-0.2, 0) is 4.84 Å². The van der Waals surface area contributed by atoms with Crippen molar-refractivity contribution in [3.8, 4) is 0 Å². The Morgan fingerprint density at radius 3 is 2.41 bits per heavy atom. The maximum Gasteiger partial charge on any atom is 0.383 e. The summed E-state index contributed by atoms with van der Waals surface area (Å²) in [4.78, 5) is 46.4. The van der Waals surface area contributed by atoms with Gasteiger partial charge in [0.1, 0.15) is 0 Å². The number of thiazole rings is 1. The Morgan fingerprint density at radius 2 is 1.82 bits per heavy atom. The van der Waals surface area contributed by atoms with Gasteiger partial charge in [0, 0.05) is 4.88 Å². The first-order valence-corrected chi connectivity index (χ1v) is 7.68. The van der Waals surface area contributed by atoms with E-state index in [1.165, 1.54) is 23.5 Å². The zero-order chi connectivity index (χ0) is 15.3. The Bertz CT molecular complexity index is 774. The highest BCUT2D eigenvalue weighted by Gasteiger charge is 2.40. The third-order valence-electron chi connectivity index (χ3n) is 3.67. The molecule has 2 aromatic rings. The van der Waals surface area contributed by atoms with Crippen molar-refractivity contribution in [1.82, 2.24) is 10.0 Å². The molecular weight excluding hydrogens is 304 g/mol. The zero-order valence-corrected chi connectivity index (χ0v) is 12.1. The molecule has 7 heteroatoms. The van der Waals surface area contributed by atoms with Gasteiger partial charge in [0.2, 0.25) is 0 Å². The summed E-state index contributed by atoms with van der Waals surface area (Å²) >= 11 is 1.40. The van der Waals surface area contributed by atoms with Gasteiger partial charge in [-0.2, -0.15) is 0 Å². The van der Waals surface area contributed by atoms with Crippen molar-refractivity contribution in [3.05, 3.63) is 51.5 Å². The van der Waals surface area contributed by atoms with Crippen LogP contribution in [0.1, 0.15) is 54.8 Å². The number of amides is 2. The minimum Gasteiger partial charge on any atom is -0.322 e. The van der Waals surface area contributed by atoms with Gasteiger partial charge in [0.15, 0.2) is 5.69 Å². The van der Waals surface area contributed by atoms with Gasteiger partial charge in [-0.3, -0.25) is 9.59 Å². The highest BCUT2D eigenvalue weighted by atomic mass is 32.1. The second-order valence-electron chi connectivity index (χ2n) is 5.17. The van der Waals surface area contributed by atoms with E-state index in [4.69, 9.17) is 4.84 Å². The molecule has 1 fully saturated rings. The zero-order valence-electron chi connectivity index (χ0n) is 11.3. The number of aromatic nitrogens is 1. The third-order valence-corrected chi connectivity index (χ3v) is 4.66. The van der Waals surface area contributed by atoms with Crippen molar-refractivity contribution in [2.45, 2.75) is 18.8 Å². The van der Waals surface area contributed by atoms with Gasteiger partial charge >= 0.3 is 5.97 Å². The number of rotatable bonds is 3. The highest BCUT2D eigenvalue weighted by molar-refractivity contribution is 7.10. The number of imide groups is 1. The number of carbonyl (C=O) groups is 3. The number of hydrogen-bond donors (Lipinski definition) is 0. The summed E-state index contributed by atoms with van der Waals surface area (Å²) in [6, 6.07) is 6.37. The van der Waals surface area contributed by atoms with Crippen molar-refractivity contribution in [3.63, 3.8) is 0 Å². The molecule has 22 heavy (non-hydrogen) atoms. The van der Waals surface area contributed by atoms with Crippen LogP contribution in [0.25, 0.3) is 0 Å². The molecule has 0 atom stereocenters. The molecule has 0 saturated heterocycles. The smallest absolute Gasteiger partial charge is 0.322 e. The van der Waals surface area contributed by atoms with E-state index in [1.54, 1.807) is 17.6 Å². The molecule has 4 rings (SSSR count). The summed E-state index contributed by atoms with van der Waals surface area (Å²) in [5, 5.41) is 0.517. The van der Waals surface area contributed by atoms with Gasteiger partial charge in [-0.25, -0.2) is 9.78 Å². The van der Waals surface area contributed by atoms with Crippen LogP contribution < -0.4 is 0 Å². The van der Waals surface area contributed by atoms with Crippen LogP contribution >= 0.6 is 11.3 Å². The molecule has 0 unspecified atom stereocenters. The molecule has 1 aromatic heterocycles. The lowest BCUT2D eigenvalue weighted by atomic mass is 10.1. The van der Waals surface area contributed by atoms with Crippen molar-refractivity contribution < 1.29 is 19.2 Å². The summed E-state index contributed by atoms with van der Waals surface area (Å²) in [6.07, 6.45) is 2.05. The normalized spacial score (nSPS) is 16.8. The van der Waals surface area contributed by atoms with Gasteiger partial charge in [0.25, 0.3) is 11.8 Å². The molecule has 1 aliphatic heterocycles. The van der Waals surface area contributed by atoms with Crippen molar-refractivity contribution in [1.29, 1.82) is 0 Å². The molecule has 0 bridgehead atoms. The fraction of sp³-hybridized carbons (Fsp3) is 0.200. The fourth-order valence-corrected chi connectivity index (χ4v) is 3.37. The van der Waals surface area contributed by atoms with Crippen LogP contribution in [0.3, 0.4) is 0 Å². The SMILES string of the molecule is O=C(ON1C(=O)c2ccccc2C1=O)c1ncsc1C1CC1. The highest BCUT2D eigenvalue weighted by Crippen LogP contribution is 2.43. The summed E-state index contributed by atoms with van der Waals surface area (Å²) in [6.45, 7) is 0. The maximum absolute atomic E-state index is 12.2. The van der Waals surface area contributed by atoms with Crippen LogP contribution in [0.2, 0.25) is 0 Å². The standard InChI is InChI=1S/C15H10N2O4S/c18-13-9-3-1-2-4-10(9)14(19)17(13)21-15(20)11-12(8-5-6-8)22-7-16-11/h1-4,7-8H,5-6H2. The third kappa shape index (κ3) is 1.93. The predicted molar refractivity (Wildman–Crippen MR) is 76.4 cm³/mol. The van der Waals surface area contributed by atoms with Crippen LogP contribution in [0.15, 0.2) is 29.8 Å². The van der Waals surface area contributed by atoms with Crippen LogP contribution in [-0.4, -0.2) is 27.8 Å². The van der Waals surface area contributed by atoms with Gasteiger partial charge in [-0.1, -0.05) is 17.2 Å². The summed E-state index contributed by atoms with van der Waals surface area (Å²) in [5.74, 6) is -1.68. The molecule has 1 saturated carbocycles. The molecule has 0 N–H and O–H groups in total. The Labute approximate surface area is 129 Å². The molecule has 2 aliphatic rings. The molecule has 1 aromatic carbocycles. The molecule has 0 radical (unpaired) electrons. The molecule has 1 aliphatic carbocycles. The average molecular weight is 314 g/mol. The van der Waals surface area contributed by atoms with Crippen molar-refractivity contribution in [2.24, 2.45) is 0 Å². The Kier molecular flexibility index (Phi) is 2.83. The van der Waals surface area contributed by atoms with E-state index in [9.17, 15) is 14.4 Å². The minimum atomic E-state index is -0.766. The predicted octanol–water partition coefficient (Wildman–Crippen LogP) is 2.39. The van der Waals surface area contributed by atoms with E-state index in [0.29, 0.717) is 11.0 Å². The number of hydroxylamine groups is 2. The number of carbonyl (C=O) groups excluding carboxylic acids is 3. The summed E-state index contributed by atoms with van der Waals surface area (Å²) in [5.41, 5.74) is 2.25. The fourth-order valence-electron chi connectivity index (χ4n) is 2.42. The number of benzene rings is 1. The quantitative estimate of drug-likeness (QED) is 0.813. The molecule has 6 nitrogen and oxygen atoms in total. The Hall–Kier alpha value is -2.54. The maximum atomic E-state index is 12.2. The first kappa shape index (κ1) is 13.1. The van der Waals surface area contributed by atoms with Gasteiger partial charge in [-0.05, 0) is 30.9 Å². The Morgan fingerprint density at radius 1 is 1.18 bits per heavy atom. The van der Waals surface area contributed by atoms with E-state index in [0.717, 1.165) is 17.7 Å². The monoisotopic (exact) mass is 314 g/mol. The number of fused-ring (bicyclic) bond motifs is 1. The lowest BCUT2D eigenvalue weighted by molar-refractivity contribution is -0.0588. The molecule has 110 valence electrons. The van der Waals surface area contributed by atoms with Gasteiger partial charge in [0.05, 0.1) is 16.6 Å². The topological polar surface area (TPSA) is 76.6 Å². The Balaban J connectivity index is 1.59. The van der Waals surface area contributed by atoms with Crippen LogP contribution in [0.4, 0.5) is 0 Å². The van der Waals surface area contributed by atoms with Crippen LogP contribution in [0, 0.1) is 0 Å². The van der Waals surface area contributed by atoms with E-state index >= 15 is 0 Å². The molecule has 2 heterocycles. The summed E-state index contributed by atoms with van der Waals surface area (Å²) in [7, 11) is 0. The van der Waals surface area contributed by atoms with E-state index in [2.05, 4.69) is 4.98 Å². The molecular formula is C15H10N2O4S. The van der Waals surface area contributed by atoms with Crippen LogP contribution in [0.5, 0.6) is 0 Å². The second-order valence-corrected chi connectivity index (χ2v) is 6.05. The first-order chi connectivity index (χ1) is 10.7. The van der Waals surface area contributed by atoms with Crippen molar-refractivity contribution in [2.75, 3.05) is 0 Å². The molecule has 0 spiro atoms. The van der Waals surface area contributed by atoms with E-state index in [1.807, 2.05) is 0 Å². The first-order valence-electron chi connectivity index (χ1n) is 6.80. The second kappa shape index (κ2) is 4.74. The lowest BCUT2D eigenvalue weighted by Gasteiger charge is -2.12. The largest absolute Gasteiger partial charge is 0.383 e. The average Bonchev–Trinajstić information content (AvgIpc) is 3.22. The summed E-state index contributed by atoms with van der Waals surface area (Å²) < 4.78 is 0. The minimum absolute atomic E-state index is 0.198. The lowest BCUT2D eigenvalue weighted by Crippen LogP contribution is -2.33. The number of nitrogens with zero attached hydrogens (tertiary/aromatic N) is 2. The van der Waals surface area contributed by atoms with Gasteiger partial charge < -0.3 is 4.84 Å². The molecule has 2 amide bonds. The van der Waals surface area contributed by atoms with E-state index < -0.39 is 17.8 Å². The number of hydrogen-bond acceptors (Lipinski definition) is 6. The van der Waals surface area contributed by atoms with E-state index in [-0.39, 0.29) is 16.8 Å². The van der Waals surface area contributed by atoms with Gasteiger partial charge in [-0.15, -0.1) is 11.3 Å². The van der Waals surface area contributed by atoms with Crippen molar-refractivity contribution >= 4 is 29.1 Å².